The Kier molecular flexibility index (Phi) is 7.82. The van der Waals surface area contributed by atoms with Crippen LogP contribution in [0.2, 0.25) is 0 Å². The molecule has 1 N–H and O–H groups in total. The quantitative estimate of drug-likeness (QED) is 0.531. The molecule has 0 aliphatic heterocycles. The molecule has 0 aromatic rings. The molecule has 0 rings (SSSR count). The van der Waals surface area contributed by atoms with Crippen molar-refractivity contribution in [2.45, 2.75) is 27.2 Å². The molecule has 0 saturated carbocycles. The lowest BCUT2D eigenvalue weighted by molar-refractivity contribution is -0.132. The van der Waals surface area contributed by atoms with Gasteiger partial charge in [-0.15, -0.1) is 0 Å². The Balaban J connectivity index is 0. The molecule has 0 radical (unpaired) electrons. The van der Waals surface area contributed by atoms with Crippen molar-refractivity contribution < 1.29 is 19.5 Å². The van der Waals surface area contributed by atoms with Gasteiger partial charge < -0.3 is 5.11 Å². The molecular formula is C9H14O4. The first-order valence-electron chi connectivity index (χ1n) is 3.65. The summed E-state index contributed by atoms with van der Waals surface area (Å²) in [5.74, 6) is -1.06. The van der Waals surface area contributed by atoms with Gasteiger partial charge in [-0.05, 0) is 20.8 Å². The van der Waals surface area contributed by atoms with Gasteiger partial charge in [0.15, 0.2) is 0 Å². The van der Waals surface area contributed by atoms with Crippen LogP contribution >= 0.6 is 0 Å². The third-order valence-corrected chi connectivity index (χ3v) is 0.863. The molecule has 0 heterocycles. The van der Waals surface area contributed by atoms with Gasteiger partial charge >= 0.3 is 5.97 Å². The molecule has 0 bridgehead atoms. The second kappa shape index (κ2) is 7.21. The highest BCUT2D eigenvalue weighted by molar-refractivity contribution is 5.96. The van der Waals surface area contributed by atoms with Gasteiger partial charge in [-0.25, -0.2) is 4.79 Å². The van der Waals surface area contributed by atoms with Gasteiger partial charge in [0.1, 0.15) is 11.6 Å². The number of carboxylic acid groups (broad SMARTS) is 1. The van der Waals surface area contributed by atoms with E-state index in [1.807, 2.05) is 0 Å². The van der Waals surface area contributed by atoms with Crippen molar-refractivity contribution in [2.24, 2.45) is 0 Å². The van der Waals surface area contributed by atoms with E-state index >= 15 is 0 Å². The molecule has 4 nitrogen and oxygen atoms in total. The molecule has 0 unspecified atom stereocenters. The summed E-state index contributed by atoms with van der Waals surface area (Å²) in [7, 11) is 0. The number of carbonyl (C=O) groups excluding carboxylic acids is 2. The summed E-state index contributed by atoms with van der Waals surface area (Å²) < 4.78 is 0. The summed E-state index contributed by atoms with van der Waals surface area (Å²) in [6.45, 7) is 7.41. The lowest BCUT2D eigenvalue weighted by Gasteiger charge is -1.81. The highest BCUT2D eigenvalue weighted by atomic mass is 16.4. The molecule has 0 atom stereocenters. The highest BCUT2D eigenvalue weighted by Gasteiger charge is 1.94. The van der Waals surface area contributed by atoms with E-state index in [0.717, 1.165) is 0 Å². The minimum Gasteiger partial charge on any atom is -0.478 e. The van der Waals surface area contributed by atoms with Crippen molar-refractivity contribution in [3.63, 3.8) is 0 Å². The topological polar surface area (TPSA) is 71.4 Å². The van der Waals surface area contributed by atoms with Crippen molar-refractivity contribution in [3.8, 4) is 0 Å². The van der Waals surface area contributed by atoms with E-state index in [2.05, 4.69) is 6.58 Å². The van der Waals surface area contributed by atoms with Gasteiger partial charge in [-0.1, -0.05) is 6.58 Å². The molecule has 0 spiro atoms. The molecule has 0 fully saturated rings. The second-order valence-corrected chi connectivity index (χ2v) is 2.67. The number of carboxylic acids is 1. The Morgan fingerprint density at radius 3 is 1.31 bits per heavy atom. The number of Topliss-reactive ketones (excluding diaryl/α,β-unsaturated/α-hetero) is 2. The minimum atomic E-state index is -0.935. The number of carbonyl (C=O) groups is 3. The van der Waals surface area contributed by atoms with Gasteiger partial charge in [-0.3, -0.25) is 9.59 Å². The van der Waals surface area contributed by atoms with E-state index in [1.165, 1.54) is 20.8 Å². The first-order valence-corrected chi connectivity index (χ1v) is 3.65. The maximum absolute atomic E-state index is 10.0. The summed E-state index contributed by atoms with van der Waals surface area (Å²) >= 11 is 0. The summed E-state index contributed by atoms with van der Waals surface area (Å²) in [6, 6.07) is 0. The van der Waals surface area contributed by atoms with Gasteiger partial charge in [0.05, 0.1) is 6.42 Å². The molecule has 0 amide bonds. The number of aliphatic carboxylic acids is 1. The zero-order chi connectivity index (χ0) is 11.0. The number of ketones is 2. The summed E-state index contributed by atoms with van der Waals surface area (Å²) in [5, 5.41) is 7.89. The van der Waals surface area contributed by atoms with E-state index < -0.39 is 5.97 Å². The smallest absolute Gasteiger partial charge is 0.330 e. The van der Waals surface area contributed by atoms with Crippen LogP contribution in [0.3, 0.4) is 0 Å². The Labute approximate surface area is 77.3 Å². The molecule has 74 valence electrons. The first-order chi connectivity index (χ1) is 5.77. The fourth-order valence-electron chi connectivity index (χ4n) is 0.351. The monoisotopic (exact) mass is 186 g/mol. The zero-order valence-corrected chi connectivity index (χ0v) is 8.09. The van der Waals surface area contributed by atoms with Gasteiger partial charge in [-0.2, -0.15) is 0 Å². The van der Waals surface area contributed by atoms with Crippen LogP contribution in [-0.2, 0) is 14.4 Å². The van der Waals surface area contributed by atoms with E-state index in [9.17, 15) is 14.4 Å². The molecule has 0 aliphatic carbocycles. The molecule has 0 aromatic heterocycles. The third-order valence-electron chi connectivity index (χ3n) is 0.863. The van der Waals surface area contributed by atoms with E-state index in [0.29, 0.717) is 0 Å². The number of hydrogen-bond donors (Lipinski definition) is 1. The maximum atomic E-state index is 10.0. The van der Waals surface area contributed by atoms with Crippen molar-refractivity contribution >= 4 is 17.5 Å². The van der Waals surface area contributed by atoms with Crippen LogP contribution in [0.15, 0.2) is 12.2 Å². The summed E-state index contributed by atoms with van der Waals surface area (Å²) in [6.07, 6.45) is 0.0833. The standard InChI is InChI=1S/C5H8O2.C4H6O2/c1-4(6)3-5(2)7;1-3(2)4(5)6/h3H2,1-2H3;1H2,2H3,(H,5,6). The molecule has 0 saturated heterocycles. The van der Waals surface area contributed by atoms with Crippen LogP contribution in [0.1, 0.15) is 27.2 Å². The minimum absolute atomic E-state index is 0.0625. The van der Waals surface area contributed by atoms with Crippen molar-refractivity contribution in [1.82, 2.24) is 0 Å². The van der Waals surface area contributed by atoms with Crippen LogP contribution in [0.25, 0.3) is 0 Å². The van der Waals surface area contributed by atoms with Crippen LogP contribution in [0.5, 0.6) is 0 Å². The van der Waals surface area contributed by atoms with E-state index in [-0.39, 0.29) is 23.6 Å². The molecular weight excluding hydrogens is 172 g/mol. The van der Waals surface area contributed by atoms with Crippen LogP contribution in [0.4, 0.5) is 0 Å². The second-order valence-electron chi connectivity index (χ2n) is 2.67. The van der Waals surface area contributed by atoms with Crippen LogP contribution < -0.4 is 0 Å². The van der Waals surface area contributed by atoms with Gasteiger partial charge in [0, 0.05) is 5.57 Å². The summed E-state index contributed by atoms with van der Waals surface area (Å²) in [4.78, 5) is 29.7. The Morgan fingerprint density at radius 2 is 1.31 bits per heavy atom. The average Bonchev–Trinajstić information content (AvgIpc) is 1.84. The maximum Gasteiger partial charge on any atom is 0.330 e. The average molecular weight is 186 g/mol. The van der Waals surface area contributed by atoms with Crippen LogP contribution in [-0.4, -0.2) is 22.6 Å². The lowest BCUT2D eigenvalue weighted by atomic mass is 10.2. The zero-order valence-electron chi connectivity index (χ0n) is 8.09. The summed E-state index contributed by atoms with van der Waals surface area (Å²) in [5.41, 5.74) is 0.176. The normalized spacial score (nSPS) is 7.92. The predicted molar refractivity (Wildman–Crippen MR) is 48.4 cm³/mol. The number of rotatable bonds is 3. The fourth-order valence-corrected chi connectivity index (χ4v) is 0.351. The van der Waals surface area contributed by atoms with Crippen molar-refractivity contribution in [1.29, 1.82) is 0 Å². The van der Waals surface area contributed by atoms with E-state index in [1.54, 1.807) is 0 Å². The molecule has 4 heteroatoms. The highest BCUT2D eigenvalue weighted by Crippen LogP contribution is 1.81. The largest absolute Gasteiger partial charge is 0.478 e. The Morgan fingerprint density at radius 1 is 1.08 bits per heavy atom. The Bertz CT molecular complexity index is 204. The van der Waals surface area contributed by atoms with Crippen molar-refractivity contribution in [3.05, 3.63) is 12.2 Å². The van der Waals surface area contributed by atoms with Crippen molar-refractivity contribution in [2.75, 3.05) is 0 Å². The first kappa shape index (κ1) is 14.1. The third kappa shape index (κ3) is 18.0. The SMILES string of the molecule is C=C(C)C(=O)O.CC(=O)CC(C)=O. The lowest BCUT2D eigenvalue weighted by Crippen LogP contribution is -1.97. The predicted octanol–water partition coefficient (Wildman–Crippen LogP) is 1.20. The molecule has 0 aromatic carbocycles. The van der Waals surface area contributed by atoms with Crippen LogP contribution in [0, 0.1) is 0 Å². The Hall–Kier alpha value is -1.45. The fraction of sp³-hybridized carbons (Fsp3) is 0.444. The van der Waals surface area contributed by atoms with E-state index in [4.69, 9.17) is 5.11 Å². The van der Waals surface area contributed by atoms with Gasteiger partial charge in [0.25, 0.3) is 0 Å². The van der Waals surface area contributed by atoms with Gasteiger partial charge in [0.2, 0.25) is 0 Å². The molecule has 13 heavy (non-hydrogen) atoms. The molecule has 0 aliphatic rings. The number of hydrogen-bond acceptors (Lipinski definition) is 3.